The summed E-state index contributed by atoms with van der Waals surface area (Å²) in [4.78, 5) is 13.2. The monoisotopic (exact) mass is 452 g/mol. The number of hydrogen-bond acceptors (Lipinski definition) is 6. The van der Waals surface area contributed by atoms with Crippen molar-refractivity contribution in [3.63, 3.8) is 0 Å². The number of amides is 1. The molecule has 1 aromatic heterocycles. The van der Waals surface area contributed by atoms with Gasteiger partial charge in [-0.3, -0.25) is 4.79 Å². The lowest BCUT2D eigenvalue weighted by Gasteiger charge is -2.21. The third-order valence-corrected chi connectivity index (χ3v) is 5.28. The molecule has 8 heteroatoms. The van der Waals surface area contributed by atoms with Crippen LogP contribution < -0.4 is 19.5 Å². The van der Waals surface area contributed by atoms with E-state index in [2.05, 4.69) is 36.4 Å². The summed E-state index contributed by atoms with van der Waals surface area (Å²) in [7, 11) is 3.16. The van der Waals surface area contributed by atoms with E-state index in [1.54, 1.807) is 44.0 Å². The van der Waals surface area contributed by atoms with Gasteiger partial charge in [-0.05, 0) is 48.6 Å². The molecule has 0 saturated carbocycles. The number of hydrogen-bond donors (Lipinski definition) is 1. The van der Waals surface area contributed by atoms with Crippen LogP contribution in [-0.2, 0) is 5.41 Å². The molecular weight excluding hydrogens is 420 g/mol. The van der Waals surface area contributed by atoms with Crippen LogP contribution in [0.15, 0.2) is 36.4 Å². The van der Waals surface area contributed by atoms with Gasteiger partial charge in [-0.25, -0.2) is 4.68 Å². The van der Waals surface area contributed by atoms with Crippen molar-refractivity contribution in [2.45, 2.75) is 46.5 Å². The van der Waals surface area contributed by atoms with Crippen LogP contribution in [0.1, 0.15) is 55.9 Å². The van der Waals surface area contributed by atoms with Crippen LogP contribution in [-0.4, -0.2) is 41.7 Å². The summed E-state index contributed by atoms with van der Waals surface area (Å²) >= 11 is 0. The third kappa shape index (κ3) is 5.27. The lowest BCUT2D eigenvalue weighted by Crippen LogP contribution is -2.17. The molecule has 33 heavy (non-hydrogen) atoms. The fourth-order valence-corrected chi connectivity index (χ4v) is 3.34. The van der Waals surface area contributed by atoms with Crippen LogP contribution in [0.5, 0.6) is 17.2 Å². The Balaban J connectivity index is 1.96. The highest BCUT2D eigenvalue weighted by Crippen LogP contribution is 2.33. The molecule has 0 unspecified atom stereocenters. The molecule has 0 aliphatic rings. The van der Waals surface area contributed by atoms with Gasteiger partial charge in [0.1, 0.15) is 22.9 Å². The second-order valence-corrected chi connectivity index (χ2v) is 8.74. The number of nitrogens with zero attached hydrogens (tertiary/aromatic N) is 3. The average molecular weight is 453 g/mol. The molecule has 176 valence electrons. The summed E-state index contributed by atoms with van der Waals surface area (Å²) in [6.07, 6.45) is 0.865. The van der Waals surface area contributed by atoms with E-state index in [0.29, 0.717) is 40.9 Å². The van der Waals surface area contributed by atoms with Gasteiger partial charge in [0.25, 0.3) is 5.91 Å². The SMILES string of the molecule is CCCOc1ccc(C(C)(C)C)cc1NC(=O)c1nnn(-c2cc(OC)ccc2OC)c1C. The molecule has 0 fully saturated rings. The quantitative estimate of drug-likeness (QED) is 0.521. The van der Waals surface area contributed by atoms with E-state index >= 15 is 0 Å². The van der Waals surface area contributed by atoms with Gasteiger partial charge in [-0.1, -0.05) is 39.0 Å². The number of carbonyl (C=O) groups excluding carboxylic acids is 1. The van der Waals surface area contributed by atoms with Crippen LogP contribution in [0.4, 0.5) is 5.69 Å². The van der Waals surface area contributed by atoms with E-state index in [1.165, 1.54) is 0 Å². The Hall–Kier alpha value is -3.55. The zero-order chi connectivity index (χ0) is 24.2. The van der Waals surface area contributed by atoms with Crippen molar-refractivity contribution in [2.24, 2.45) is 0 Å². The van der Waals surface area contributed by atoms with Crippen molar-refractivity contribution in [2.75, 3.05) is 26.1 Å². The van der Waals surface area contributed by atoms with E-state index < -0.39 is 0 Å². The molecule has 1 heterocycles. The molecular formula is C25H32N4O4. The van der Waals surface area contributed by atoms with E-state index in [1.807, 2.05) is 25.1 Å². The fourth-order valence-electron chi connectivity index (χ4n) is 3.34. The molecule has 8 nitrogen and oxygen atoms in total. The normalized spacial score (nSPS) is 11.2. The van der Waals surface area contributed by atoms with E-state index in [9.17, 15) is 4.79 Å². The molecule has 3 rings (SSSR count). The maximum Gasteiger partial charge on any atom is 0.278 e. The molecule has 0 spiro atoms. The lowest BCUT2D eigenvalue weighted by molar-refractivity contribution is 0.102. The number of nitrogens with one attached hydrogen (secondary N) is 1. The highest BCUT2D eigenvalue weighted by atomic mass is 16.5. The number of methoxy groups -OCH3 is 2. The van der Waals surface area contributed by atoms with Gasteiger partial charge in [0.05, 0.1) is 32.2 Å². The summed E-state index contributed by atoms with van der Waals surface area (Å²) in [5, 5.41) is 11.3. The fraction of sp³-hybridized carbons (Fsp3) is 0.400. The number of aromatic nitrogens is 3. The van der Waals surface area contributed by atoms with Crippen LogP contribution in [0, 0.1) is 6.92 Å². The number of anilines is 1. The van der Waals surface area contributed by atoms with Gasteiger partial charge in [-0.15, -0.1) is 5.10 Å². The van der Waals surface area contributed by atoms with E-state index in [0.717, 1.165) is 12.0 Å². The van der Waals surface area contributed by atoms with Crippen LogP contribution >= 0.6 is 0 Å². The Morgan fingerprint density at radius 3 is 2.42 bits per heavy atom. The molecule has 2 aromatic carbocycles. The van der Waals surface area contributed by atoms with Crippen molar-refractivity contribution in [3.05, 3.63) is 53.3 Å². The molecule has 0 bridgehead atoms. The van der Waals surface area contributed by atoms with Crippen molar-refractivity contribution in [3.8, 4) is 22.9 Å². The van der Waals surface area contributed by atoms with Gasteiger partial charge in [0.2, 0.25) is 0 Å². The van der Waals surface area contributed by atoms with E-state index in [4.69, 9.17) is 14.2 Å². The highest BCUT2D eigenvalue weighted by molar-refractivity contribution is 6.04. The smallest absolute Gasteiger partial charge is 0.278 e. The standard InChI is InChI=1S/C25H32N4O4/c1-8-13-33-21-11-9-17(25(3,4)5)14-19(21)26-24(30)23-16(2)29(28-27-23)20-15-18(31-6)10-12-22(20)32-7/h9-12,14-15H,8,13H2,1-7H3,(H,26,30). The van der Waals surface area contributed by atoms with Crippen molar-refractivity contribution in [1.82, 2.24) is 15.0 Å². The summed E-state index contributed by atoms with van der Waals surface area (Å²) in [6.45, 7) is 10.8. The first-order chi connectivity index (χ1) is 15.7. The minimum Gasteiger partial charge on any atom is -0.497 e. The van der Waals surface area contributed by atoms with Gasteiger partial charge >= 0.3 is 0 Å². The zero-order valence-corrected chi connectivity index (χ0v) is 20.4. The average Bonchev–Trinajstić information content (AvgIpc) is 3.18. The topological polar surface area (TPSA) is 87.5 Å². The van der Waals surface area contributed by atoms with E-state index in [-0.39, 0.29) is 17.0 Å². The Bertz CT molecular complexity index is 1130. The summed E-state index contributed by atoms with van der Waals surface area (Å²) < 4.78 is 18.2. The molecule has 1 amide bonds. The number of carbonyl (C=O) groups is 1. The first-order valence-corrected chi connectivity index (χ1v) is 10.9. The lowest BCUT2D eigenvalue weighted by atomic mass is 9.87. The predicted molar refractivity (Wildman–Crippen MR) is 128 cm³/mol. The summed E-state index contributed by atoms with van der Waals surface area (Å²) in [5.74, 6) is 1.48. The molecule has 0 saturated heterocycles. The van der Waals surface area contributed by atoms with Crippen molar-refractivity contribution < 1.29 is 19.0 Å². The second-order valence-electron chi connectivity index (χ2n) is 8.74. The minimum atomic E-state index is -0.368. The van der Waals surface area contributed by atoms with Gasteiger partial charge in [0, 0.05) is 6.07 Å². The molecule has 0 aliphatic heterocycles. The first kappa shape index (κ1) is 24.1. The van der Waals surface area contributed by atoms with Gasteiger partial charge in [0.15, 0.2) is 5.69 Å². The van der Waals surface area contributed by atoms with Crippen molar-refractivity contribution >= 4 is 11.6 Å². The number of rotatable bonds is 8. The number of ether oxygens (including phenoxy) is 3. The maximum atomic E-state index is 13.2. The molecule has 0 aliphatic carbocycles. The van der Waals surface area contributed by atoms with Crippen molar-refractivity contribution in [1.29, 1.82) is 0 Å². The first-order valence-electron chi connectivity index (χ1n) is 10.9. The molecule has 0 radical (unpaired) electrons. The maximum absolute atomic E-state index is 13.2. The minimum absolute atomic E-state index is 0.0786. The second kappa shape index (κ2) is 9.94. The molecule has 3 aromatic rings. The van der Waals surface area contributed by atoms with Crippen LogP contribution in [0.25, 0.3) is 5.69 Å². The Morgan fingerprint density at radius 2 is 1.79 bits per heavy atom. The third-order valence-electron chi connectivity index (χ3n) is 5.28. The summed E-state index contributed by atoms with van der Waals surface area (Å²) in [6, 6.07) is 11.2. The Labute approximate surface area is 194 Å². The highest BCUT2D eigenvalue weighted by Gasteiger charge is 2.22. The molecule has 1 N–H and O–H groups in total. The number of benzene rings is 2. The molecule has 0 atom stereocenters. The summed E-state index contributed by atoms with van der Waals surface area (Å²) in [5.41, 5.74) is 3.02. The predicted octanol–water partition coefficient (Wildman–Crippen LogP) is 4.93. The zero-order valence-electron chi connectivity index (χ0n) is 20.4. The van der Waals surface area contributed by atoms with Gasteiger partial charge < -0.3 is 19.5 Å². The largest absolute Gasteiger partial charge is 0.497 e. The van der Waals surface area contributed by atoms with Crippen LogP contribution in [0.2, 0.25) is 0 Å². The Kier molecular flexibility index (Phi) is 7.26. The van der Waals surface area contributed by atoms with Crippen LogP contribution in [0.3, 0.4) is 0 Å². The van der Waals surface area contributed by atoms with Gasteiger partial charge in [-0.2, -0.15) is 0 Å². The Morgan fingerprint density at radius 1 is 1.06 bits per heavy atom.